The molecule has 5 rings (SSSR count). The number of carbonyl (C=O) groups excluding carboxylic acids is 2. The Kier molecular flexibility index (Phi) is 10.9. The lowest BCUT2D eigenvalue weighted by atomic mass is 10.2. The number of phenols is 1. The largest absolute Gasteiger partial charge is 0.502 e. The first-order valence-electron chi connectivity index (χ1n) is 14.1. The van der Waals surface area contributed by atoms with Crippen molar-refractivity contribution in [2.75, 3.05) is 26.1 Å². The number of thioether (sulfide) groups is 1. The quantitative estimate of drug-likeness (QED) is 0.103. The molecule has 2 heterocycles. The molecule has 1 aliphatic rings. The van der Waals surface area contributed by atoms with E-state index in [9.17, 15) is 23.1 Å². The fourth-order valence-corrected chi connectivity index (χ4v) is 6.01. The molecule has 49 heavy (non-hydrogen) atoms. The van der Waals surface area contributed by atoms with Crippen LogP contribution in [-0.4, -0.2) is 62.4 Å². The first kappa shape index (κ1) is 35.0. The van der Waals surface area contributed by atoms with E-state index in [2.05, 4.69) is 15.5 Å². The van der Waals surface area contributed by atoms with Crippen LogP contribution >= 0.6 is 23.4 Å². The second kappa shape index (κ2) is 15.3. The molecule has 0 saturated carbocycles. The van der Waals surface area contributed by atoms with E-state index < -0.39 is 28.4 Å². The first-order chi connectivity index (χ1) is 23.4. The third-order valence-electron chi connectivity index (χ3n) is 6.72. The molecular formula is C32H28ClN5O9S2. The van der Waals surface area contributed by atoms with Crippen molar-refractivity contribution in [1.29, 1.82) is 0 Å². The van der Waals surface area contributed by atoms with Crippen LogP contribution in [0, 0.1) is 0 Å². The molecule has 0 bridgehead atoms. The number of halogens is 1. The topological polar surface area (TPSA) is 195 Å². The minimum atomic E-state index is -3.88. The summed E-state index contributed by atoms with van der Waals surface area (Å²) in [5.41, 5.74) is 1.27. The fraction of sp³-hybridized carbons (Fsp3) is 0.125. The molecule has 0 spiro atoms. The van der Waals surface area contributed by atoms with Crippen LogP contribution in [0.15, 0.2) is 97.4 Å². The zero-order valence-electron chi connectivity index (χ0n) is 25.8. The van der Waals surface area contributed by atoms with E-state index in [4.69, 9.17) is 35.4 Å². The number of carbonyl (C=O) groups is 2. The molecule has 3 aromatic carbocycles. The number of amidine groups is 1. The lowest BCUT2D eigenvalue weighted by Crippen LogP contribution is -2.28. The van der Waals surface area contributed by atoms with Crippen molar-refractivity contribution in [1.82, 2.24) is 4.90 Å². The van der Waals surface area contributed by atoms with Gasteiger partial charge in [0.25, 0.3) is 11.8 Å². The van der Waals surface area contributed by atoms with Crippen LogP contribution in [0.4, 0.5) is 5.69 Å². The first-order valence-corrected chi connectivity index (χ1v) is 16.8. The number of hydrogen-bond acceptors (Lipinski definition) is 12. The highest BCUT2D eigenvalue weighted by Crippen LogP contribution is 2.38. The number of primary sulfonamides is 1. The standard InChI is InChI=1S/C32H28ClN5O9S2/c1-44-26-12-19(13-27(45-2)30(26)40)16-35-37-32-38(17-23-4-3-11-46-23)31(41)28(48-32)15-20-14-21(33)5-10-25(20)47-18-29(39)36-22-6-8-24(9-7-22)49(34,42)43/h3-16,40H,17-18H2,1-2H3,(H,36,39)(H2,34,42,43)/b28-15-,35-16+,37-32-. The van der Waals surface area contributed by atoms with Gasteiger partial charge in [0.05, 0.1) is 43.0 Å². The Balaban J connectivity index is 1.36. The van der Waals surface area contributed by atoms with Gasteiger partial charge in [0.1, 0.15) is 11.5 Å². The van der Waals surface area contributed by atoms with E-state index >= 15 is 0 Å². The molecule has 14 nitrogen and oxygen atoms in total. The minimum absolute atomic E-state index is 0.0721. The SMILES string of the molecule is COc1cc(/C=N/N=C2\S/C(=C\c3cc(Cl)ccc3OCC(=O)Nc3ccc(S(N)(=O)=O)cc3)C(=O)N2Cc2ccco2)cc(OC)c1O. The van der Waals surface area contributed by atoms with Crippen molar-refractivity contribution >= 4 is 68.3 Å². The van der Waals surface area contributed by atoms with Crippen molar-refractivity contribution in [3.05, 3.63) is 99.8 Å². The Hall–Kier alpha value is -5.29. The lowest BCUT2D eigenvalue weighted by molar-refractivity contribution is -0.122. The zero-order valence-corrected chi connectivity index (χ0v) is 28.2. The summed E-state index contributed by atoms with van der Waals surface area (Å²) in [5.74, 6) is 0.0582. The average Bonchev–Trinajstić information content (AvgIpc) is 3.69. The zero-order chi connectivity index (χ0) is 35.1. The summed E-state index contributed by atoms with van der Waals surface area (Å²) in [5, 5.41) is 27.0. The van der Waals surface area contributed by atoms with E-state index in [1.165, 1.54) is 55.9 Å². The number of nitrogens with two attached hydrogens (primary N) is 1. The number of phenolic OH excluding ortho intramolecular Hbond substituents is 1. The predicted molar refractivity (Wildman–Crippen MR) is 184 cm³/mol. The number of hydrogen-bond donors (Lipinski definition) is 3. The van der Waals surface area contributed by atoms with Gasteiger partial charge in [-0.25, -0.2) is 13.6 Å². The van der Waals surface area contributed by atoms with Gasteiger partial charge in [-0.3, -0.25) is 14.5 Å². The second-order valence-corrected chi connectivity index (χ2v) is 13.1. The monoisotopic (exact) mass is 725 g/mol. The molecule has 0 atom stereocenters. The summed E-state index contributed by atoms with van der Waals surface area (Å²) in [6.07, 6.45) is 4.47. The Morgan fingerprint density at radius 2 is 1.80 bits per heavy atom. The van der Waals surface area contributed by atoms with E-state index in [0.29, 0.717) is 27.6 Å². The second-order valence-electron chi connectivity index (χ2n) is 10.1. The summed E-state index contributed by atoms with van der Waals surface area (Å²) in [6.45, 7) is -0.336. The molecule has 1 saturated heterocycles. The number of anilines is 1. The number of rotatable bonds is 12. The summed E-state index contributed by atoms with van der Waals surface area (Å²) in [4.78, 5) is 27.8. The van der Waals surface area contributed by atoms with Crippen molar-refractivity contribution in [2.45, 2.75) is 11.4 Å². The number of furan rings is 1. The maximum absolute atomic E-state index is 13.7. The number of benzene rings is 3. The van der Waals surface area contributed by atoms with Gasteiger partial charge in [-0.05, 0) is 84.6 Å². The van der Waals surface area contributed by atoms with Crippen LogP contribution in [0.25, 0.3) is 6.08 Å². The van der Waals surface area contributed by atoms with Gasteiger partial charge >= 0.3 is 0 Å². The molecule has 254 valence electrons. The molecule has 1 aromatic heterocycles. The molecule has 0 radical (unpaired) electrons. The maximum Gasteiger partial charge on any atom is 0.267 e. The van der Waals surface area contributed by atoms with Crippen LogP contribution < -0.4 is 24.7 Å². The van der Waals surface area contributed by atoms with E-state index in [1.807, 2.05) is 0 Å². The van der Waals surface area contributed by atoms with Crippen molar-refractivity contribution in [2.24, 2.45) is 15.3 Å². The van der Waals surface area contributed by atoms with Gasteiger partial charge < -0.3 is 29.1 Å². The van der Waals surface area contributed by atoms with E-state index in [-0.39, 0.29) is 44.5 Å². The van der Waals surface area contributed by atoms with E-state index in [0.717, 1.165) is 11.8 Å². The van der Waals surface area contributed by atoms with Gasteiger partial charge in [-0.1, -0.05) is 11.6 Å². The van der Waals surface area contributed by atoms with Crippen LogP contribution in [-0.2, 0) is 26.2 Å². The lowest BCUT2D eigenvalue weighted by Gasteiger charge is -2.13. The number of sulfonamides is 1. The summed E-state index contributed by atoms with van der Waals surface area (Å²) >= 11 is 7.33. The predicted octanol–water partition coefficient (Wildman–Crippen LogP) is 4.83. The van der Waals surface area contributed by atoms with Gasteiger partial charge in [0.15, 0.2) is 23.3 Å². The smallest absolute Gasteiger partial charge is 0.267 e. The molecule has 4 aromatic rings. The van der Waals surface area contributed by atoms with Gasteiger partial charge in [0.2, 0.25) is 15.8 Å². The number of ether oxygens (including phenoxy) is 3. The highest BCUT2D eigenvalue weighted by molar-refractivity contribution is 8.18. The number of aromatic hydroxyl groups is 1. The normalized spacial score (nSPS) is 14.9. The molecule has 1 fully saturated rings. The van der Waals surface area contributed by atoms with Crippen LogP contribution in [0.3, 0.4) is 0 Å². The number of nitrogens with zero attached hydrogens (tertiary/aromatic N) is 3. The Bertz CT molecular complexity index is 2040. The van der Waals surface area contributed by atoms with Crippen LogP contribution in [0.2, 0.25) is 5.02 Å². The fourth-order valence-electron chi connectivity index (χ4n) is 4.39. The molecule has 0 aliphatic carbocycles. The van der Waals surface area contributed by atoms with Crippen LogP contribution in [0.5, 0.6) is 23.0 Å². The third-order valence-corrected chi connectivity index (χ3v) is 8.88. The molecule has 2 amide bonds. The molecule has 1 aliphatic heterocycles. The Labute approximate surface area is 289 Å². The van der Waals surface area contributed by atoms with Gasteiger partial charge in [-0.15, -0.1) is 5.10 Å². The summed E-state index contributed by atoms with van der Waals surface area (Å²) in [6, 6.07) is 16.6. The summed E-state index contributed by atoms with van der Waals surface area (Å²) < 4.78 is 44.6. The summed E-state index contributed by atoms with van der Waals surface area (Å²) in [7, 11) is -1.07. The Morgan fingerprint density at radius 1 is 1.08 bits per heavy atom. The highest BCUT2D eigenvalue weighted by Gasteiger charge is 2.34. The van der Waals surface area contributed by atoms with Crippen molar-refractivity contribution < 1.29 is 41.7 Å². The van der Waals surface area contributed by atoms with Gasteiger partial charge in [-0.2, -0.15) is 5.10 Å². The van der Waals surface area contributed by atoms with E-state index in [1.54, 1.807) is 48.5 Å². The van der Waals surface area contributed by atoms with Gasteiger partial charge in [0, 0.05) is 21.8 Å². The molecule has 17 heteroatoms. The number of nitrogens with one attached hydrogen (secondary N) is 1. The average molecular weight is 726 g/mol. The molecule has 0 unspecified atom stereocenters. The number of methoxy groups -OCH3 is 2. The third kappa shape index (κ3) is 8.80. The van der Waals surface area contributed by atoms with Crippen LogP contribution in [0.1, 0.15) is 16.9 Å². The minimum Gasteiger partial charge on any atom is -0.502 e. The maximum atomic E-state index is 13.7. The number of amides is 2. The van der Waals surface area contributed by atoms with Crippen molar-refractivity contribution in [3.63, 3.8) is 0 Å². The van der Waals surface area contributed by atoms with Crippen molar-refractivity contribution in [3.8, 4) is 23.0 Å². The molecular weight excluding hydrogens is 698 g/mol. The Morgan fingerprint density at radius 3 is 2.43 bits per heavy atom. The highest BCUT2D eigenvalue weighted by atomic mass is 35.5. The molecule has 4 N–H and O–H groups in total.